The van der Waals surface area contributed by atoms with Gasteiger partial charge >= 0.3 is 6.09 Å². The predicted molar refractivity (Wildman–Crippen MR) is 124 cm³/mol. The first kappa shape index (κ1) is 22.7. The Morgan fingerprint density at radius 2 is 1.88 bits per heavy atom. The highest BCUT2D eigenvalue weighted by molar-refractivity contribution is 5.99. The molecule has 0 saturated carbocycles. The first-order valence-corrected chi connectivity index (χ1v) is 10.9. The zero-order valence-corrected chi connectivity index (χ0v) is 19.2. The van der Waals surface area contributed by atoms with Crippen LogP contribution in [0.5, 0.6) is 5.75 Å². The van der Waals surface area contributed by atoms with Crippen molar-refractivity contribution in [3.05, 3.63) is 42.7 Å². The van der Waals surface area contributed by atoms with Gasteiger partial charge in [-0.3, -0.25) is 4.98 Å². The van der Waals surface area contributed by atoms with Gasteiger partial charge < -0.3 is 19.7 Å². The molecule has 0 bridgehead atoms. The third kappa shape index (κ3) is 5.30. The number of ether oxygens (including phenoxy) is 2. The number of anilines is 1. The van der Waals surface area contributed by atoms with E-state index in [1.165, 1.54) is 4.90 Å². The normalized spacial score (nSPS) is 18.8. The number of halogens is 1. The Balaban J connectivity index is 1.59. The van der Waals surface area contributed by atoms with Crippen molar-refractivity contribution in [1.29, 1.82) is 0 Å². The minimum atomic E-state index is -1.17. The Morgan fingerprint density at radius 3 is 2.58 bits per heavy atom. The molecule has 9 heteroatoms. The van der Waals surface area contributed by atoms with E-state index in [0.29, 0.717) is 18.1 Å². The average Bonchev–Trinajstić information content (AvgIpc) is 2.78. The monoisotopic (exact) mass is 453 g/mol. The van der Waals surface area contributed by atoms with Gasteiger partial charge in [-0.1, -0.05) is 0 Å². The third-order valence-electron chi connectivity index (χ3n) is 5.34. The summed E-state index contributed by atoms with van der Waals surface area (Å²) in [4.78, 5) is 18.1. The van der Waals surface area contributed by atoms with Crippen molar-refractivity contribution in [1.82, 2.24) is 20.1 Å². The summed E-state index contributed by atoms with van der Waals surface area (Å²) in [6.45, 7) is 5.68. The number of methoxy groups -OCH3 is 1. The average molecular weight is 454 g/mol. The molecule has 1 aliphatic rings. The number of pyridine rings is 1. The fourth-order valence-electron chi connectivity index (χ4n) is 3.88. The highest BCUT2D eigenvalue weighted by Crippen LogP contribution is 2.31. The highest BCUT2D eigenvalue weighted by atomic mass is 19.1. The van der Waals surface area contributed by atoms with Crippen molar-refractivity contribution >= 4 is 22.7 Å². The maximum atomic E-state index is 14.5. The summed E-state index contributed by atoms with van der Waals surface area (Å²) in [6.07, 6.45) is 1.97. The van der Waals surface area contributed by atoms with Gasteiger partial charge in [-0.2, -0.15) is 0 Å². The van der Waals surface area contributed by atoms with Crippen LogP contribution in [-0.4, -0.2) is 64.2 Å². The Morgan fingerprint density at radius 1 is 1.12 bits per heavy atom. The van der Waals surface area contributed by atoms with E-state index in [0.717, 1.165) is 22.1 Å². The molecule has 8 nitrogen and oxygen atoms in total. The largest absolute Gasteiger partial charge is 0.497 e. The van der Waals surface area contributed by atoms with Gasteiger partial charge in [0.05, 0.1) is 13.7 Å². The Kier molecular flexibility index (Phi) is 6.31. The number of alkyl halides is 1. The molecule has 0 unspecified atom stereocenters. The molecular weight excluding hydrogens is 425 g/mol. The minimum absolute atomic E-state index is 0.0114. The second kappa shape index (κ2) is 9.17. The second-order valence-corrected chi connectivity index (χ2v) is 9.11. The fraction of sp³-hybridized carbons (Fsp3) is 0.417. The lowest BCUT2D eigenvalue weighted by atomic mass is 10.0. The third-order valence-corrected chi connectivity index (χ3v) is 5.34. The SMILES string of the molecule is COc1ccc(-c2nnc(N[C@@H]3C[C@@H](F)CN(C(=O)OC(C)(C)C)C3)c3cnccc23)cc1. The number of aromatic nitrogens is 3. The lowest BCUT2D eigenvalue weighted by molar-refractivity contribution is 0.0124. The van der Waals surface area contributed by atoms with Gasteiger partial charge in [-0.25, -0.2) is 9.18 Å². The topological polar surface area (TPSA) is 89.5 Å². The van der Waals surface area contributed by atoms with Crippen LogP contribution in [0.2, 0.25) is 0 Å². The van der Waals surface area contributed by atoms with Crippen LogP contribution >= 0.6 is 0 Å². The summed E-state index contributed by atoms with van der Waals surface area (Å²) < 4.78 is 25.1. The predicted octanol–water partition coefficient (Wildman–Crippen LogP) is 4.46. The molecule has 0 radical (unpaired) electrons. The molecule has 33 heavy (non-hydrogen) atoms. The summed E-state index contributed by atoms with van der Waals surface area (Å²) in [6, 6.07) is 9.11. The van der Waals surface area contributed by atoms with Gasteiger partial charge in [0.2, 0.25) is 0 Å². The number of carbonyl (C=O) groups is 1. The number of rotatable bonds is 4. The molecule has 2 atom stereocenters. The van der Waals surface area contributed by atoms with E-state index in [1.807, 2.05) is 30.3 Å². The van der Waals surface area contributed by atoms with Crippen molar-refractivity contribution in [3.8, 4) is 17.0 Å². The number of likely N-dealkylation sites (tertiary alicyclic amines) is 1. The van der Waals surface area contributed by atoms with Crippen LogP contribution in [-0.2, 0) is 4.74 Å². The van der Waals surface area contributed by atoms with Crippen molar-refractivity contribution < 1.29 is 18.7 Å². The zero-order valence-electron chi connectivity index (χ0n) is 19.2. The first-order valence-electron chi connectivity index (χ1n) is 10.9. The van der Waals surface area contributed by atoms with E-state index in [4.69, 9.17) is 9.47 Å². The van der Waals surface area contributed by atoms with E-state index in [1.54, 1.807) is 40.3 Å². The summed E-state index contributed by atoms with van der Waals surface area (Å²) >= 11 is 0. The van der Waals surface area contributed by atoms with Crippen LogP contribution in [0.4, 0.5) is 15.0 Å². The summed E-state index contributed by atoms with van der Waals surface area (Å²) in [7, 11) is 1.62. The molecule has 1 N–H and O–H groups in total. The van der Waals surface area contributed by atoms with Crippen molar-refractivity contribution in [3.63, 3.8) is 0 Å². The zero-order chi connectivity index (χ0) is 23.6. The molecule has 1 fully saturated rings. The quantitative estimate of drug-likeness (QED) is 0.624. The molecule has 3 heterocycles. The summed E-state index contributed by atoms with van der Waals surface area (Å²) in [5, 5.41) is 13.7. The standard InChI is InChI=1S/C24H28FN5O3/c1-24(2,3)33-23(31)30-13-16(25)11-17(14-30)27-22-20-12-26-10-9-19(20)21(28-29-22)15-5-7-18(32-4)8-6-15/h5-10,12,16-17H,11,13-14H2,1-4H3,(H,27,29)/t16-,17-/m1/s1. The fourth-order valence-corrected chi connectivity index (χ4v) is 3.88. The van der Waals surface area contributed by atoms with Crippen molar-refractivity contribution in [2.75, 3.05) is 25.5 Å². The van der Waals surface area contributed by atoms with Crippen molar-refractivity contribution in [2.24, 2.45) is 0 Å². The summed E-state index contributed by atoms with van der Waals surface area (Å²) in [5.41, 5.74) is 0.958. The van der Waals surface area contributed by atoms with E-state index >= 15 is 0 Å². The van der Waals surface area contributed by atoms with Crippen LogP contribution < -0.4 is 10.1 Å². The maximum absolute atomic E-state index is 14.5. The lowest BCUT2D eigenvalue weighted by Gasteiger charge is -2.36. The molecule has 1 saturated heterocycles. The molecule has 1 aliphatic heterocycles. The van der Waals surface area contributed by atoms with E-state index in [2.05, 4.69) is 20.5 Å². The van der Waals surface area contributed by atoms with Crippen LogP contribution in [0.1, 0.15) is 27.2 Å². The van der Waals surface area contributed by atoms with Crippen LogP contribution in [0, 0.1) is 0 Å². The van der Waals surface area contributed by atoms with E-state index in [9.17, 15) is 9.18 Å². The van der Waals surface area contributed by atoms with Gasteiger partial charge in [-0.05, 0) is 51.1 Å². The minimum Gasteiger partial charge on any atom is -0.497 e. The number of fused-ring (bicyclic) bond motifs is 1. The molecule has 2 aromatic heterocycles. The van der Waals surface area contributed by atoms with Gasteiger partial charge in [0.1, 0.15) is 23.2 Å². The molecule has 174 valence electrons. The lowest BCUT2D eigenvalue weighted by Crippen LogP contribution is -2.51. The van der Waals surface area contributed by atoms with E-state index < -0.39 is 17.9 Å². The number of amides is 1. The van der Waals surface area contributed by atoms with Crippen LogP contribution in [0.3, 0.4) is 0 Å². The van der Waals surface area contributed by atoms with Gasteiger partial charge in [0, 0.05) is 47.7 Å². The molecule has 1 amide bonds. The van der Waals surface area contributed by atoms with Crippen LogP contribution in [0.25, 0.3) is 22.0 Å². The van der Waals surface area contributed by atoms with Gasteiger partial charge in [0.25, 0.3) is 0 Å². The molecular formula is C24H28FN5O3. The number of piperidine rings is 1. The van der Waals surface area contributed by atoms with Gasteiger partial charge in [-0.15, -0.1) is 10.2 Å². The number of benzene rings is 1. The first-order chi connectivity index (χ1) is 15.7. The maximum Gasteiger partial charge on any atom is 0.410 e. The number of hydrogen-bond donors (Lipinski definition) is 1. The molecule has 0 aliphatic carbocycles. The summed E-state index contributed by atoms with van der Waals surface area (Å²) in [5.74, 6) is 1.25. The smallest absolute Gasteiger partial charge is 0.410 e. The molecule has 0 spiro atoms. The Hall–Kier alpha value is -3.49. The molecule has 1 aromatic carbocycles. The molecule has 3 aromatic rings. The Labute approximate surface area is 192 Å². The second-order valence-electron chi connectivity index (χ2n) is 9.11. The Bertz CT molecular complexity index is 1130. The number of hydrogen-bond acceptors (Lipinski definition) is 7. The van der Waals surface area contributed by atoms with Gasteiger partial charge in [0.15, 0.2) is 5.82 Å². The number of nitrogens with one attached hydrogen (secondary N) is 1. The molecule has 4 rings (SSSR count). The highest BCUT2D eigenvalue weighted by Gasteiger charge is 2.33. The van der Waals surface area contributed by atoms with Crippen molar-refractivity contribution in [2.45, 2.75) is 45.0 Å². The van der Waals surface area contributed by atoms with Crippen LogP contribution in [0.15, 0.2) is 42.7 Å². The van der Waals surface area contributed by atoms with E-state index in [-0.39, 0.29) is 19.0 Å². The number of nitrogens with zero attached hydrogens (tertiary/aromatic N) is 4. The number of carbonyl (C=O) groups excluding carboxylic acids is 1.